The van der Waals surface area contributed by atoms with Crippen LogP contribution >= 0.6 is 0 Å². The molecule has 0 amide bonds. The van der Waals surface area contributed by atoms with Crippen molar-refractivity contribution < 1.29 is 8.98 Å². The normalized spacial score (nSPS) is 11.1. The molecule has 3 nitrogen and oxygen atoms in total. The minimum absolute atomic E-state index is 0.580. The molecule has 0 bridgehead atoms. The highest BCUT2D eigenvalue weighted by Gasteiger charge is 2.23. The summed E-state index contributed by atoms with van der Waals surface area (Å²) in [6, 6.07) is 41.9. The summed E-state index contributed by atoms with van der Waals surface area (Å²) in [5.74, 6) is 0. The Hall–Kier alpha value is -5.46. The highest BCUT2D eigenvalue weighted by Crippen LogP contribution is 2.45. The van der Waals surface area contributed by atoms with E-state index in [1.165, 1.54) is 11.1 Å². The first kappa shape index (κ1) is 24.6. The SMILES string of the molecule is [C-]#[N+]c1ccc2c(oc3c(-c4cccc[n+]4C)c(C)ccc32)c1-c1cccc(-c2ccc(-c3ccccc3)cc2)c1. The summed E-state index contributed by atoms with van der Waals surface area (Å²) >= 11 is 0. The van der Waals surface area contributed by atoms with Gasteiger partial charge in [-0.15, -0.1) is 0 Å². The summed E-state index contributed by atoms with van der Waals surface area (Å²) in [7, 11) is 2.05. The number of pyridine rings is 1. The van der Waals surface area contributed by atoms with Crippen LogP contribution in [0.1, 0.15) is 5.56 Å². The van der Waals surface area contributed by atoms with Crippen molar-refractivity contribution in [3.05, 3.63) is 145 Å². The zero-order valence-corrected chi connectivity index (χ0v) is 22.9. The van der Waals surface area contributed by atoms with E-state index in [0.29, 0.717) is 5.69 Å². The van der Waals surface area contributed by atoms with Crippen molar-refractivity contribution in [3.8, 4) is 44.6 Å². The van der Waals surface area contributed by atoms with Crippen LogP contribution in [0, 0.1) is 13.5 Å². The van der Waals surface area contributed by atoms with E-state index in [2.05, 4.69) is 127 Å². The van der Waals surface area contributed by atoms with Gasteiger partial charge in [0.25, 0.3) is 0 Å². The number of nitrogens with zero attached hydrogens (tertiary/aromatic N) is 2. The van der Waals surface area contributed by atoms with Crippen molar-refractivity contribution in [1.29, 1.82) is 0 Å². The summed E-state index contributed by atoms with van der Waals surface area (Å²) in [6.07, 6.45) is 2.05. The molecule has 2 aromatic heterocycles. The average Bonchev–Trinajstić information content (AvgIpc) is 3.40. The van der Waals surface area contributed by atoms with Gasteiger partial charge in [-0.05, 0) is 52.4 Å². The van der Waals surface area contributed by atoms with Crippen molar-refractivity contribution in [2.45, 2.75) is 6.92 Å². The fourth-order valence-corrected chi connectivity index (χ4v) is 5.81. The highest BCUT2D eigenvalue weighted by atomic mass is 16.3. The largest absolute Gasteiger partial charge is 0.456 e. The average molecular weight is 528 g/mol. The van der Waals surface area contributed by atoms with E-state index < -0.39 is 0 Å². The van der Waals surface area contributed by atoms with E-state index in [4.69, 9.17) is 11.0 Å². The van der Waals surface area contributed by atoms with Gasteiger partial charge in [0, 0.05) is 28.5 Å². The first-order chi connectivity index (χ1) is 20.1. The summed E-state index contributed by atoms with van der Waals surface area (Å²) < 4.78 is 8.87. The first-order valence-corrected chi connectivity index (χ1v) is 13.7. The second kappa shape index (κ2) is 9.93. The van der Waals surface area contributed by atoms with E-state index in [9.17, 15) is 0 Å². The van der Waals surface area contributed by atoms with Crippen LogP contribution in [-0.4, -0.2) is 0 Å². The number of aromatic nitrogens is 1. The lowest BCUT2D eigenvalue weighted by Crippen LogP contribution is -2.30. The van der Waals surface area contributed by atoms with Crippen LogP contribution in [0.15, 0.2) is 132 Å². The zero-order valence-electron chi connectivity index (χ0n) is 22.9. The Balaban J connectivity index is 1.40. The maximum atomic E-state index is 7.99. The molecular formula is C38H27N2O+. The fraction of sp³-hybridized carbons (Fsp3) is 0.0526. The molecule has 0 atom stereocenters. The second-order valence-electron chi connectivity index (χ2n) is 10.4. The van der Waals surface area contributed by atoms with Crippen molar-refractivity contribution in [2.24, 2.45) is 7.05 Å². The van der Waals surface area contributed by atoms with Crippen LogP contribution in [-0.2, 0) is 7.05 Å². The third kappa shape index (κ3) is 4.18. The van der Waals surface area contributed by atoms with E-state index in [1.54, 1.807) is 0 Å². The quantitative estimate of drug-likeness (QED) is 0.165. The molecule has 0 spiro atoms. The van der Waals surface area contributed by atoms with Gasteiger partial charge in [0.15, 0.2) is 11.9 Å². The molecule has 0 unspecified atom stereocenters. The second-order valence-corrected chi connectivity index (χ2v) is 10.4. The Labute approximate surface area is 239 Å². The molecule has 5 aromatic carbocycles. The molecule has 2 heterocycles. The van der Waals surface area contributed by atoms with Crippen LogP contribution in [0.25, 0.3) is 71.4 Å². The molecular weight excluding hydrogens is 500 g/mol. The number of benzene rings is 5. The Morgan fingerprint density at radius 2 is 1.20 bits per heavy atom. The van der Waals surface area contributed by atoms with Gasteiger partial charge in [-0.3, -0.25) is 0 Å². The van der Waals surface area contributed by atoms with Gasteiger partial charge >= 0.3 is 0 Å². The predicted octanol–water partition coefficient (Wildman–Crippen LogP) is 9.94. The van der Waals surface area contributed by atoms with E-state index >= 15 is 0 Å². The maximum absolute atomic E-state index is 7.99. The molecule has 0 aliphatic carbocycles. The van der Waals surface area contributed by atoms with Crippen LogP contribution in [0.4, 0.5) is 5.69 Å². The minimum atomic E-state index is 0.580. The first-order valence-electron chi connectivity index (χ1n) is 13.7. The molecule has 194 valence electrons. The predicted molar refractivity (Wildman–Crippen MR) is 168 cm³/mol. The molecule has 41 heavy (non-hydrogen) atoms. The summed E-state index contributed by atoms with van der Waals surface area (Å²) in [6.45, 7) is 10.1. The lowest BCUT2D eigenvalue weighted by Gasteiger charge is -2.09. The Morgan fingerprint density at radius 1 is 0.585 bits per heavy atom. The molecule has 7 rings (SSSR count). The van der Waals surface area contributed by atoms with Crippen molar-refractivity contribution >= 4 is 27.6 Å². The molecule has 0 saturated heterocycles. The van der Waals surface area contributed by atoms with Gasteiger partial charge in [0.1, 0.15) is 18.2 Å². The van der Waals surface area contributed by atoms with Gasteiger partial charge in [-0.1, -0.05) is 97.1 Å². The third-order valence-electron chi connectivity index (χ3n) is 7.90. The molecule has 0 aliphatic heterocycles. The van der Waals surface area contributed by atoms with Gasteiger partial charge in [-0.25, -0.2) is 9.41 Å². The van der Waals surface area contributed by atoms with Gasteiger partial charge in [0.05, 0.1) is 12.1 Å². The van der Waals surface area contributed by atoms with Crippen molar-refractivity contribution in [3.63, 3.8) is 0 Å². The number of fused-ring (bicyclic) bond motifs is 3. The van der Waals surface area contributed by atoms with E-state index in [0.717, 1.165) is 61.0 Å². The fourth-order valence-electron chi connectivity index (χ4n) is 5.81. The smallest absolute Gasteiger partial charge is 0.216 e. The number of hydrogen-bond donors (Lipinski definition) is 0. The van der Waals surface area contributed by atoms with Crippen LogP contribution in [0.2, 0.25) is 0 Å². The lowest BCUT2D eigenvalue weighted by atomic mass is 9.95. The third-order valence-corrected chi connectivity index (χ3v) is 7.90. The summed E-state index contributed by atoms with van der Waals surface area (Å²) in [4.78, 5) is 3.91. The molecule has 3 heteroatoms. The van der Waals surface area contributed by atoms with Crippen LogP contribution in [0.5, 0.6) is 0 Å². The van der Waals surface area contributed by atoms with Gasteiger partial charge < -0.3 is 4.42 Å². The molecule has 0 radical (unpaired) electrons. The van der Waals surface area contributed by atoms with Gasteiger partial charge in [-0.2, -0.15) is 0 Å². The van der Waals surface area contributed by atoms with Crippen molar-refractivity contribution in [2.75, 3.05) is 0 Å². The minimum Gasteiger partial charge on any atom is -0.456 e. The Bertz CT molecular complexity index is 2110. The highest BCUT2D eigenvalue weighted by molar-refractivity contribution is 6.15. The van der Waals surface area contributed by atoms with E-state index in [1.807, 2.05) is 24.3 Å². The number of hydrogen-bond acceptors (Lipinski definition) is 1. The Kier molecular flexibility index (Phi) is 5.95. The number of furan rings is 1. The standard InChI is InChI=1S/C38H27N2O/c1-25-15-20-31-32-21-22-33(39-2)36(38(32)41-37(31)35(25)34-14-7-8-23-40(34)3)30-13-9-12-29(24-30)28-18-16-27(17-19-28)26-10-5-4-6-11-26/h4-24H,1,3H3/q+1. The summed E-state index contributed by atoms with van der Waals surface area (Å²) in [5.41, 5.74) is 11.9. The topological polar surface area (TPSA) is 21.4 Å². The molecule has 0 N–H and O–H groups in total. The number of rotatable bonds is 4. The zero-order chi connectivity index (χ0) is 27.9. The molecule has 0 aliphatic rings. The van der Waals surface area contributed by atoms with Crippen molar-refractivity contribution in [1.82, 2.24) is 0 Å². The Morgan fingerprint density at radius 3 is 1.93 bits per heavy atom. The van der Waals surface area contributed by atoms with E-state index in [-0.39, 0.29) is 0 Å². The van der Waals surface area contributed by atoms with Crippen LogP contribution < -0.4 is 4.57 Å². The summed E-state index contributed by atoms with van der Waals surface area (Å²) in [5, 5.41) is 2.06. The molecule has 7 aromatic rings. The van der Waals surface area contributed by atoms with Crippen LogP contribution in [0.3, 0.4) is 0 Å². The number of aryl methyl sites for hydroxylation is 2. The monoisotopic (exact) mass is 527 g/mol. The van der Waals surface area contributed by atoms with Gasteiger partial charge in [0.2, 0.25) is 5.69 Å². The molecule has 0 saturated carbocycles. The lowest BCUT2D eigenvalue weighted by molar-refractivity contribution is -0.660. The maximum Gasteiger partial charge on any atom is 0.216 e. The molecule has 0 fully saturated rings.